The van der Waals surface area contributed by atoms with Crippen molar-refractivity contribution in [3.05, 3.63) is 90.7 Å². The van der Waals surface area contributed by atoms with Crippen LogP contribution in [0, 0.1) is 17.9 Å². The Morgan fingerprint density at radius 1 is 0.919 bits per heavy atom. The van der Waals surface area contributed by atoms with Crippen molar-refractivity contribution >= 4 is 16.9 Å². The van der Waals surface area contributed by atoms with E-state index in [0.717, 1.165) is 59.4 Å². The van der Waals surface area contributed by atoms with Gasteiger partial charge in [-0.15, -0.1) is 35.9 Å². The van der Waals surface area contributed by atoms with Gasteiger partial charge in [-0.2, -0.15) is 0 Å². The van der Waals surface area contributed by atoms with Gasteiger partial charge in [0, 0.05) is 49.6 Å². The summed E-state index contributed by atoms with van der Waals surface area (Å²) in [7, 11) is 0. The van der Waals surface area contributed by atoms with Crippen LogP contribution in [0.1, 0.15) is 53.4 Å². The van der Waals surface area contributed by atoms with Gasteiger partial charge in [-0.3, -0.25) is 9.78 Å². The van der Waals surface area contributed by atoms with Gasteiger partial charge in [0.2, 0.25) is 0 Å². The maximum atomic E-state index is 11.7. The molecule has 1 radical (unpaired) electrons. The second kappa shape index (κ2) is 15.3. The molecule has 2 aromatic carbocycles. The summed E-state index contributed by atoms with van der Waals surface area (Å²) in [6, 6.07) is 27.0. The van der Waals surface area contributed by atoms with Gasteiger partial charge in [-0.25, -0.2) is 0 Å². The van der Waals surface area contributed by atoms with Gasteiger partial charge in [-0.05, 0) is 37.4 Å². The number of benzene rings is 2. The zero-order valence-corrected chi connectivity index (χ0v) is 24.4. The van der Waals surface area contributed by atoms with Crippen molar-refractivity contribution in [2.75, 3.05) is 0 Å². The van der Waals surface area contributed by atoms with Crippen LogP contribution >= 0.6 is 0 Å². The molecule has 2 aromatic heterocycles. The molecule has 0 bridgehead atoms. The molecule has 0 aliphatic carbocycles. The van der Waals surface area contributed by atoms with Crippen molar-refractivity contribution in [2.45, 2.75) is 53.4 Å². The summed E-state index contributed by atoms with van der Waals surface area (Å²) in [5.41, 5.74) is 4.62. The molecule has 1 N–H and O–H groups in total. The Bertz CT molecular complexity index is 1220. The van der Waals surface area contributed by atoms with Crippen LogP contribution in [-0.4, -0.2) is 15.9 Å². The molecule has 0 aliphatic heterocycles. The molecule has 5 heteroatoms. The Morgan fingerprint density at radius 3 is 2.16 bits per heavy atom. The smallest absolute Gasteiger partial charge is 0.162 e. The summed E-state index contributed by atoms with van der Waals surface area (Å²) in [4.78, 5) is 16.4. The van der Waals surface area contributed by atoms with Crippen molar-refractivity contribution < 1.29 is 34.4 Å². The van der Waals surface area contributed by atoms with Crippen LogP contribution in [-0.2, 0) is 24.9 Å². The van der Waals surface area contributed by atoms with Crippen molar-refractivity contribution in [2.24, 2.45) is 11.8 Å². The predicted molar refractivity (Wildman–Crippen MR) is 148 cm³/mol. The Kier molecular flexibility index (Phi) is 12.5. The summed E-state index contributed by atoms with van der Waals surface area (Å²) in [5, 5.41) is 9.76. The molecule has 0 unspecified atom stereocenters. The van der Waals surface area contributed by atoms with Gasteiger partial charge in [0.1, 0.15) is 5.76 Å². The number of aliphatic hydroxyl groups is 1. The molecule has 0 amide bonds. The molecular weight excluding hydrogens is 639 g/mol. The van der Waals surface area contributed by atoms with E-state index >= 15 is 0 Å². The average molecular weight is 675 g/mol. The minimum atomic E-state index is 0. The molecule has 2 heterocycles. The number of aromatic nitrogens is 1. The van der Waals surface area contributed by atoms with E-state index in [-0.39, 0.29) is 43.5 Å². The van der Waals surface area contributed by atoms with E-state index in [1.165, 1.54) is 6.08 Å². The quantitative estimate of drug-likeness (QED) is 0.110. The molecule has 4 aromatic rings. The van der Waals surface area contributed by atoms with E-state index in [1.807, 2.05) is 100 Å². The van der Waals surface area contributed by atoms with Crippen molar-refractivity contribution in [3.8, 4) is 22.6 Å². The number of rotatable bonds is 9. The predicted octanol–water partition coefficient (Wildman–Crippen LogP) is 8.83. The number of pyridine rings is 1. The van der Waals surface area contributed by atoms with E-state index in [2.05, 4.69) is 11.1 Å². The van der Waals surface area contributed by atoms with Crippen molar-refractivity contribution in [3.63, 3.8) is 0 Å². The van der Waals surface area contributed by atoms with Crippen LogP contribution < -0.4 is 0 Å². The van der Waals surface area contributed by atoms with Gasteiger partial charge in [0.25, 0.3) is 0 Å². The number of aliphatic hydroxyl groups excluding tert-OH is 1. The molecule has 4 nitrogen and oxygen atoms in total. The second-order valence-corrected chi connectivity index (χ2v) is 8.83. The van der Waals surface area contributed by atoms with Crippen LogP contribution in [0.15, 0.2) is 89.0 Å². The Morgan fingerprint density at radius 2 is 1.57 bits per heavy atom. The summed E-state index contributed by atoms with van der Waals surface area (Å²) < 4.78 is 5.87. The standard InChI is InChI=1S/C19H12NO.C13H24O2.Ir/c1-3-7-14(8-4-1)16-11-12-18-17(20-16)13-19(21-18)15-9-5-2-6-10-15;1-5-10(6-2)12(14)9-13(15)11(7-3)8-4;/h1-7,9-13H;9-11,14H,5-8H2,1-4H3;/q-1;;/b;12-9-;. The number of fused-ring (bicyclic) bond motifs is 1. The summed E-state index contributed by atoms with van der Waals surface area (Å²) in [5.74, 6) is 1.39. The normalized spacial score (nSPS) is 11.2. The van der Waals surface area contributed by atoms with Crippen LogP contribution in [0.2, 0.25) is 0 Å². The molecule has 0 aliphatic rings. The van der Waals surface area contributed by atoms with Gasteiger partial charge >= 0.3 is 0 Å². The topological polar surface area (TPSA) is 63.3 Å². The number of allylic oxidation sites excluding steroid dienone is 2. The zero-order chi connectivity index (χ0) is 25.9. The summed E-state index contributed by atoms with van der Waals surface area (Å²) in [6.07, 6.45) is 4.91. The fourth-order valence-electron chi connectivity index (χ4n) is 4.15. The fourth-order valence-corrected chi connectivity index (χ4v) is 4.15. The first-order valence-corrected chi connectivity index (χ1v) is 12.9. The number of nitrogens with zero attached hydrogens (tertiary/aromatic N) is 1. The van der Waals surface area contributed by atoms with Crippen LogP contribution in [0.5, 0.6) is 0 Å². The molecule has 0 saturated heterocycles. The first-order valence-electron chi connectivity index (χ1n) is 12.9. The summed E-state index contributed by atoms with van der Waals surface area (Å²) >= 11 is 0. The molecular formula is C32H36IrNO3-. The van der Waals surface area contributed by atoms with Crippen molar-refractivity contribution in [1.29, 1.82) is 0 Å². The van der Waals surface area contributed by atoms with E-state index in [4.69, 9.17) is 4.42 Å². The largest absolute Gasteiger partial charge is 0.512 e. The molecule has 37 heavy (non-hydrogen) atoms. The molecule has 197 valence electrons. The zero-order valence-electron chi connectivity index (χ0n) is 22.0. The monoisotopic (exact) mass is 675 g/mol. The minimum Gasteiger partial charge on any atom is -0.512 e. The van der Waals surface area contributed by atoms with E-state index in [0.29, 0.717) is 0 Å². The Balaban J connectivity index is 0.000000271. The van der Waals surface area contributed by atoms with Crippen LogP contribution in [0.4, 0.5) is 0 Å². The minimum absolute atomic E-state index is 0. The maximum Gasteiger partial charge on any atom is 0.162 e. The first-order chi connectivity index (χ1) is 17.5. The molecule has 0 saturated carbocycles. The second-order valence-electron chi connectivity index (χ2n) is 8.83. The van der Waals surface area contributed by atoms with Gasteiger partial charge in [-0.1, -0.05) is 64.1 Å². The molecule has 0 atom stereocenters. The third kappa shape index (κ3) is 8.24. The van der Waals surface area contributed by atoms with Crippen LogP contribution in [0.3, 0.4) is 0 Å². The van der Waals surface area contributed by atoms with Crippen LogP contribution in [0.25, 0.3) is 33.7 Å². The molecule has 0 spiro atoms. The average Bonchev–Trinajstić information content (AvgIpc) is 3.35. The van der Waals surface area contributed by atoms with E-state index in [1.54, 1.807) is 0 Å². The van der Waals surface area contributed by atoms with Gasteiger partial charge < -0.3 is 9.52 Å². The van der Waals surface area contributed by atoms with Crippen molar-refractivity contribution in [1.82, 2.24) is 4.98 Å². The fraction of sp³-hybridized carbons (Fsp3) is 0.312. The van der Waals surface area contributed by atoms with Gasteiger partial charge in [0.15, 0.2) is 11.4 Å². The number of furan rings is 1. The van der Waals surface area contributed by atoms with E-state index in [9.17, 15) is 9.90 Å². The SMILES string of the molecule is CCC(CC)C(=O)/C=C(\O)C(CC)CC.[Ir].[c-]1ccccc1-c1ccc2oc(-c3ccccc3)cc2n1. The Hall–Kier alpha value is -3.01. The third-order valence-electron chi connectivity index (χ3n) is 6.50. The Labute approximate surface area is 234 Å². The number of carbonyl (C=O) groups excluding carboxylic acids is 1. The van der Waals surface area contributed by atoms with E-state index < -0.39 is 0 Å². The maximum absolute atomic E-state index is 11.7. The summed E-state index contributed by atoms with van der Waals surface area (Å²) in [6.45, 7) is 8.07. The number of ketones is 1. The number of hydrogen-bond donors (Lipinski definition) is 1. The third-order valence-corrected chi connectivity index (χ3v) is 6.50. The molecule has 4 rings (SSSR count). The van der Waals surface area contributed by atoms with Gasteiger partial charge in [0.05, 0.1) is 11.3 Å². The number of carbonyl (C=O) groups is 1. The molecule has 0 fully saturated rings. The number of hydrogen-bond acceptors (Lipinski definition) is 4. The first kappa shape index (κ1) is 30.2.